The van der Waals surface area contributed by atoms with Gasteiger partial charge in [0, 0.05) is 43.6 Å². The van der Waals surface area contributed by atoms with E-state index in [0.717, 1.165) is 69.3 Å². The lowest BCUT2D eigenvalue weighted by molar-refractivity contribution is 0.323. The fraction of sp³-hybridized carbons (Fsp3) is 0.269. The SMILES string of the molecule is Cc1nn(C)cc1-n1c(=O)n(C)c2cnc3ccc(-c4cncc(C5(C#N)CCC5)c4)cc3c21. The molecule has 0 bridgehead atoms. The first kappa shape index (κ1) is 20.4. The number of aryl methyl sites for hydroxylation is 3. The maximum Gasteiger partial charge on any atom is 0.333 e. The van der Waals surface area contributed by atoms with E-state index in [4.69, 9.17) is 0 Å². The van der Waals surface area contributed by atoms with Crippen LogP contribution in [0.3, 0.4) is 0 Å². The Morgan fingerprint density at radius 1 is 1.09 bits per heavy atom. The minimum absolute atomic E-state index is 0.143. The van der Waals surface area contributed by atoms with Gasteiger partial charge in [-0.3, -0.25) is 23.8 Å². The molecule has 1 fully saturated rings. The molecular weight excluding hydrogens is 426 g/mol. The number of hydrogen-bond acceptors (Lipinski definition) is 5. The Labute approximate surface area is 195 Å². The molecule has 0 aliphatic heterocycles. The molecule has 34 heavy (non-hydrogen) atoms. The molecule has 0 saturated heterocycles. The van der Waals surface area contributed by atoms with Crippen molar-refractivity contribution in [3.63, 3.8) is 0 Å². The molecule has 1 aromatic carbocycles. The van der Waals surface area contributed by atoms with E-state index in [1.165, 1.54) is 0 Å². The topological polar surface area (TPSA) is 94.3 Å². The highest BCUT2D eigenvalue weighted by Crippen LogP contribution is 2.43. The van der Waals surface area contributed by atoms with Crippen LogP contribution in [0.5, 0.6) is 0 Å². The molecule has 0 amide bonds. The van der Waals surface area contributed by atoms with E-state index in [-0.39, 0.29) is 5.69 Å². The maximum atomic E-state index is 13.3. The van der Waals surface area contributed by atoms with Crippen LogP contribution >= 0.6 is 0 Å². The third-order valence-electron chi connectivity index (χ3n) is 7.16. The Morgan fingerprint density at radius 2 is 1.91 bits per heavy atom. The van der Waals surface area contributed by atoms with Gasteiger partial charge in [-0.05, 0) is 55.5 Å². The Hall–Kier alpha value is -4.25. The number of aromatic nitrogens is 6. The lowest BCUT2D eigenvalue weighted by atomic mass is 9.66. The van der Waals surface area contributed by atoms with Crippen LogP contribution in [0, 0.1) is 18.3 Å². The van der Waals surface area contributed by atoms with Gasteiger partial charge in [-0.1, -0.05) is 6.07 Å². The Balaban J connectivity index is 1.61. The number of nitriles is 1. The minimum atomic E-state index is -0.424. The second kappa shape index (κ2) is 7.12. The molecule has 4 heterocycles. The molecular formula is C26H23N7O. The third-order valence-corrected chi connectivity index (χ3v) is 7.16. The quantitative estimate of drug-likeness (QED) is 0.416. The standard InChI is InChI=1S/C26H23N7O/c1-16-23(14-31(2)30-16)33-24-20-10-17(5-6-21(20)29-13-22(24)32(3)25(33)34)18-9-19(12-28-11-18)26(15-27)7-4-8-26/h5-6,9-14H,4,7-8H2,1-3H3. The monoisotopic (exact) mass is 449 g/mol. The van der Waals surface area contributed by atoms with E-state index < -0.39 is 5.41 Å². The van der Waals surface area contributed by atoms with Gasteiger partial charge in [-0.25, -0.2) is 4.79 Å². The molecule has 1 saturated carbocycles. The highest BCUT2D eigenvalue weighted by Gasteiger charge is 2.39. The summed E-state index contributed by atoms with van der Waals surface area (Å²) in [7, 11) is 3.61. The molecule has 1 aliphatic rings. The average molecular weight is 450 g/mol. The van der Waals surface area contributed by atoms with Gasteiger partial charge < -0.3 is 0 Å². The Morgan fingerprint density at radius 3 is 2.59 bits per heavy atom. The molecule has 1 aliphatic carbocycles. The summed E-state index contributed by atoms with van der Waals surface area (Å²) < 4.78 is 5.06. The van der Waals surface area contributed by atoms with Gasteiger partial charge in [-0.15, -0.1) is 0 Å². The van der Waals surface area contributed by atoms with E-state index in [9.17, 15) is 10.1 Å². The molecule has 4 aromatic heterocycles. The van der Waals surface area contributed by atoms with Crippen molar-refractivity contribution in [2.75, 3.05) is 0 Å². The van der Waals surface area contributed by atoms with E-state index in [1.54, 1.807) is 27.1 Å². The van der Waals surface area contributed by atoms with E-state index in [2.05, 4.69) is 33.3 Å². The zero-order valence-corrected chi connectivity index (χ0v) is 19.3. The first-order valence-corrected chi connectivity index (χ1v) is 11.3. The maximum absolute atomic E-state index is 13.3. The predicted octanol–water partition coefficient (Wildman–Crippen LogP) is 3.93. The molecule has 0 spiro atoms. The van der Waals surface area contributed by atoms with Gasteiger partial charge in [0.05, 0.1) is 45.6 Å². The van der Waals surface area contributed by atoms with Crippen molar-refractivity contribution in [1.29, 1.82) is 5.26 Å². The van der Waals surface area contributed by atoms with Crippen LogP contribution in [0.25, 0.3) is 38.8 Å². The lowest BCUT2D eigenvalue weighted by Gasteiger charge is -2.35. The van der Waals surface area contributed by atoms with Gasteiger partial charge in [0.2, 0.25) is 0 Å². The van der Waals surface area contributed by atoms with Crippen LogP contribution < -0.4 is 5.69 Å². The van der Waals surface area contributed by atoms with Crippen molar-refractivity contribution in [2.45, 2.75) is 31.6 Å². The van der Waals surface area contributed by atoms with Gasteiger partial charge in [0.15, 0.2) is 0 Å². The number of hydrogen-bond donors (Lipinski definition) is 0. The fourth-order valence-corrected chi connectivity index (χ4v) is 5.06. The molecule has 0 unspecified atom stereocenters. The lowest BCUT2D eigenvalue weighted by Crippen LogP contribution is -2.32. The van der Waals surface area contributed by atoms with Gasteiger partial charge in [0.1, 0.15) is 0 Å². The molecule has 5 aromatic rings. The number of rotatable bonds is 3. The number of pyridine rings is 2. The number of fused-ring (bicyclic) bond motifs is 3. The third kappa shape index (κ3) is 2.76. The first-order valence-electron chi connectivity index (χ1n) is 11.3. The smallest absolute Gasteiger partial charge is 0.293 e. The molecule has 8 heteroatoms. The second-order valence-electron chi connectivity index (χ2n) is 9.18. The van der Waals surface area contributed by atoms with Crippen LogP contribution in [-0.2, 0) is 19.5 Å². The molecule has 6 rings (SSSR count). The molecule has 0 atom stereocenters. The molecule has 168 valence electrons. The largest absolute Gasteiger partial charge is 0.333 e. The number of imidazole rings is 1. The highest BCUT2D eigenvalue weighted by atomic mass is 16.1. The van der Waals surface area contributed by atoms with Crippen molar-refractivity contribution < 1.29 is 0 Å². The Kier molecular flexibility index (Phi) is 4.27. The summed E-state index contributed by atoms with van der Waals surface area (Å²) in [6.07, 6.45) is 10.1. The summed E-state index contributed by atoms with van der Waals surface area (Å²) in [5.41, 5.74) is 6.19. The summed E-state index contributed by atoms with van der Waals surface area (Å²) in [4.78, 5) is 22.4. The summed E-state index contributed by atoms with van der Waals surface area (Å²) in [5, 5.41) is 15.1. The van der Waals surface area contributed by atoms with Crippen molar-refractivity contribution in [3.05, 3.63) is 70.8 Å². The van der Waals surface area contributed by atoms with Gasteiger partial charge in [0.25, 0.3) is 0 Å². The normalized spacial score (nSPS) is 14.9. The summed E-state index contributed by atoms with van der Waals surface area (Å²) in [6, 6.07) is 10.6. The van der Waals surface area contributed by atoms with Crippen LogP contribution in [-0.4, -0.2) is 28.9 Å². The van der Waals surface area contributed by atoms with Crippen LogP contribution in [0.1, 0.15) is 30.5 Å². The van der Waals surface area contributed by atoms with E-state index in [1.807, 2.05) is 44.7 Å². The fourth-order valence-electron chi connectivity index (χ4n) is 5.06. The van der Waals surface area contributed by atoms with E-state index in [0.29, 0.717) is 0 Å². The van der Waals surface area contributed by atoms with Gasteiger partial charge >= 0.3 is 5.69 Å². The second-order valence-corrected chi connectivity index (χ2v) is 9.18. The highest BCUT2D eigenvalue weighted by molar-refractivity contribution is 6.04. The van der Waals surface area contributed by atoms with Crippen molar-refractivity contribution in [1.82, 2.24) is 28.9 Å². The molecule has 0 radical (unpaired) electrons. The molecule has 8 nitrogen and oxygen atoms in total. The zero-order valence-electron chi connectivity index (χ0n) is 19.3. The molecule has 0 N–H and O–H groups in total. The first-order chi connectivity index (χ1) is 16.4. The van der Waals surface area contributed by atoms with Crippen LogP contribution in [0.4, 0.5) is 0 Å². The average Bonchev–Trinajstić information content (AvgIpc) is 3.28. The predicted molar refractivity (Wildman–Crippen MR) is 130 cm³/mol. The number of benzene rings is 1. The minimum Gasteiger partial charge on any atom is -0.293 e. The summed E-state index contributed by atoms with van der Waals surface area (Å²) >= 11 is 0. The zero-order chi connectivity index (χ0) is 23.6. The Bertz CT molecular complexity index is 1710. The summed E-state index contributed by atoms with van der Waals surface area (Å²) in [5.74, 6) is 0. The number of nitrogens with zero attached hydrogens (tertiary/aromatic N) is 7. The van der Waals surface area contributed by atoms with Crippen molar-refractivity contribution >= 4 is 21.9 Å². The van der Waals surface area contributed by atoms with Gasteiger partial charge in [-0.2, -0.15) is 10.4 Å². The van der Waals surface area contributed by atoms with E-state index >= 15 is 0 Å². The van der Waals surface area contributed by atoms with Crippen molar-refractivity contribution in [2.24, 2.45) is 14.1 Å². The summed E-state index contributed by atoms with van der Waals surface area (Å²) in [6.45, 7) is 1.90. The van der Waals surface area contributed by atoms with Crippen LogP contribution in [0.2, 0.25) is 0 Å². The van der Waals surface area contributed by atoms with Crippen molar-refractivity contribution in [3.8, 4) is 22.9 Å². The van der Waals surface area contributed by atoms with Crippen LogP contribution in [0.15, 0.2) is 53.8 Å².